The van der Waals surface area contributed by atoms with Crippen LogP contribution in [0, 0.1) is 0 Å². The Kier molecular flexibility index (Phi) is 5.02. The molecule has 0 fully saturated rings. The van der Waals surface area contributed by atoms with Crippen LogP contribution in [0.2, 0.25) is 0 Å². The van der Waals surface area contributed by atoms with Gasteiger partial charge in [-0.05, 0) is 19.1 Å². The van der Waals surface area contributed by atoms with E-state index in [1.165, 1.54) is 32.2 Å². The molecular formula is C14H15NO5. The van der Waals surface area contributed by atoms with Gasteiger partial charge < -0.3 is 14.8 Å². The third-order valence-corrected chi connectivity index (χ3v) is 2.29. The molecule has 20 heavy (non-hydrogen) atoms. The van der Waals surface area contributed by atoms with Crippen molar-refractivity contribution in [3.05, 3.63) is 35.9 Å². The van der Waals surface area contributed by atoms with Gasteiger partial charge in [0.05, 0.1) is 7.11 Å². The lowest BCUT2D eigenvalue weighted by Gasteiger charge is -2.10. The number of rotatable bonds is 4. The fourth-order valence-corrected chi connectivity index (χ4v) is 1.36. The van der Waals surface area contributed by atoms with E-state index in [9.17, 15) is 14.4 Å². The molecule has 0 aliphatic carbocycles. The SMILES string of the molecule is C=C(C)C(=O)Nc1ccc(C(=O)OC)c(OC(C)=O)c1. The van der Waals surface area contributed by atoms with Gasteiger partial charge in [-0.2, -0.15) is 0 Å². The number of hydrogen-bond donors (Lipinski definition) is 1. The quantitative estimate of drug-likeness (QED) is 0.516. The minimum Gasteiger partial charge on any atom is -0.465 e. The number of ether oxygens (including phenoxy) is 2. The van der Waals surface area contributed by atoms with Gasteiger partial charge in [-0.15, -0.1) is 0 Å². The zero-order valence-electron chi connectivity index (χ0n) is 11.5. The zero-order chi connectivity index (χ0) is 15.3. The second-order valence-electron chi connectivity index (χ2n) is 4.03. The molecule has 0 unspecified atom stereocenters. The Bertz CT molecular complexity index is 577. The molecule has 1 aromatic rings. The topological polar surface area (TPSA) is 81.7 Å². The number of benzene rings is 1. The van der Waals surface area contributed by atoms with Crippen LogP contribution in [0.4, 0.5) is 5.69 Å². The highest BCUT2D eigenvalue weighted by atomic mass is 16.5. The third-order valence-electron chi connectivity index (χ3n) is 2.29. The number of carbonyl (C=O) groups excluding carboxylic acids is 3. The van der Waals surface area contributed by atoms with E-state index in [1.807, 2.05) is 0 Å². The van der Waals surface area contributed by atoms with Crippen LogP contribution in [0.1, 0.15) is 24.2 Å². The first-order valence-corrected chi connectivity index (χ1v) is 5.72. The number of anilines is 1. The fourth-order valence-electron chi connectivity index (χ4n) is 1.36. The maximum atomic E-state index is 11.5. The molecule has 1 N–H and O–H groups in total. The monoisotopic (exact) mass is 277 g/mol. The molecule has 0 atom stereocenters. The van der Waals surface area contributed by atoms with E-state index in [0.717, 1.165) is 0 Å². The van der Waals surface area contributed by atoms with Crippen LogP contribution >= 0.6 is 0 Å². The van der Waals surface area contributed by atoms with Crippen molar-refractivity contribution >= 4 is 23.5 Å². The van der Waals surface area contributed by atoms with Crippen LogP contribution < -0.4 is 10.1 Å². The molecule has 1 rings (SSSR count). The summed E-state index contributed by atoms with van der Waals surface area (Å²) in [4.78, 5) is 34.1. The van der Waals surface area contributed by atoms with Gasteiger partial charge in [0.15, 0.2) is 0 Å². The van der Waals surface area contributed by atoms with Gasteiger partial charge in [0.2, 0.25) is 0 Å². The van der Waals surface area contributed by atoms with Crippen molar-refractivity contribution in [1.82, 2.24) is 0 Å². The average Bonchev–Trinajstić information content (AvgIpc) is 2.37. The Labute approximate surface area is 116 Å². The molecule has 1 aromatic carbocycles. The molecule has 0 spiro atoms. The van der Waals surface area contributed by atoms with Crippen LogP contribution in [0.5, 0.6) is 5.75 Å². The largest absolute Gasteiger partial charge is 0.465 e. The molecule has 0 saturated heterocycles. The molecule has 0 heterocycles. The predicted octanol–water partition coefficient (Wildman–Crippen LogP) is 1.91. The maximum Gasteiger partial charge on any atom is 0.341 e. The van der Waals surface area contributed by atoms with Gasteiger partial charge in [0, 0.05) is 24.3 Å². The zero-order valence-corrected chi connectivity index (χ0v) is 11.5. The average molecular weight is 277 g/mol. The molecule has 0 aromatic heterocycles. The number of carbonyl (C=O) groups is 3. The summed E-state index contributed by atoms with van der Waals surface area (Å²) in [5, 5.41) is 2.56. The van der Waals surface area contributed by atoms with Crippen LogP contribution in [0.15, 0.2) is 30.4 Å². The molecule has 0 bridgehead atoms. The van der Waals surface area contributed by atoms with E-state index in [0.29, 0.717) is 11.3 Å². The van der Waals surface area contributed by atoms with Crippen molar-refractivity contribution in [2.45, 2.75) is 13.8 Å². The molecule has 106 valence electrons. The van der Waals surface area contributed by atoms with Crippen molar-refractivity contribution in [3.8, 4) is 5.75 Å². The highest BCUT2D eigenvalue weighted by molar-refractivity contribution is 6.03. The van der Waals surface area contributed by atoms with Crippen molar-refractivity contribution in [1.29, 1.82) is 0 Å². The minimum atomic E-state index is -0.640. The first-order valence-electron chi connectivity index (χ1n) is 5.72. The number of amides is 1. The summed E-state index contributed by atoms with van der Waals surface area (Å²) in [6.07, 6.45) is 0. The number of hydrogen-bond acceptors (Lipinski definition) is 5. The Balaban J connectivity index is 3.13. The van der Waals surface area contributed by atoms with Crippen molar-refractivity contribution in [2.24, 2.45) is 0 Å². The molecule has 0 aliphatic heterocycles. The summed E-state index contributed by atoms with van der Waals surface area (Å²) in [7, 11) is 1.22. The van der Waals surface area contributed by atoms with Gasteiger partial charge in [-0.25, -0.2) is 4.79 Å². The first-order chi connectivity index (χ1) is 9.35. The lowest BCUT2D eigenvalue weighted by atomic mass is 10.1. The summed E-state index contributed by atoms with van der Waals surface area (Å²) in [6, 6.07) is 4.27. The van der Waals surface area contributed by atoms with E-state index in [4.69, 9.17) is 4.74 Å². The second-order valence-corrected chi connectivity index (χ2v) is 4.03. The van der Waals surface area contributed by atoms with Crippen LogP contribution in [-0.2, 0) is 14.3 Å². The molecule has 0 aliphatic rings. The summed E-state index contributed by atoms with van der Waals surface area (Å²) < 4.78 is 9.52. The Morgan fingerprint density at radius 3 is 2.35 bits per heavy atom. The van der Waals surface area contributed by atoms with E-state index >= 15 is 0 Å². The minimum absolute atomic E-state index is 0.0175. The molecule has 1 amide bonds. The van der Waals surface area contributed by atoms with Crippen molar-refractivity contribution < 1.29 is 23.9 Å². The normalized spacial score (nSPS) is 9.55. The van der Waals surface area contributed by atoms with Gasteiger partial charge in [-0.3, -0.25) is 9.59 Å². The number of methoxy groups -OCH3 is 1. The highest BCUT2D eigenvalue weighted by Crippen LogP contribution is 2.24. The molecule has 0 radical (unpaired) electrons. The summed E-state index contributed by atoms with van der Waals surface area (Å²) in [5.74, 6) is -1.58. The summed E-state index contributed by atoms with van der Waals surface area (Å²) in [6.45, 7) is 6.28. The predicted molar refractivity (Wildman–Crippen MR) is 72.5 cm³/mol. The van der Waals surface area contributed by atoms with Crippen molar-refractivity contribution in [3.63, 3.8) is 0 Å². The molecule has 6 heteroatoms. The number of nitrogens with one attached hydrogen (secondary N) is 1. The van der Waals surface area contributed by atoms with E-state index in [1.54, 1.807) is 6.92 Å². The smallest absolute Gasteiger partial charge is 0.341 e. The lowest BCUT2D eigenvalue weighted by Crippen LogP contribution is -2.13. The number of esters is 2. The first kappa shape index (κ1) is 15.4. The van der Waals surface area contributed by atoms with E-state index < -0.39 is 11.9 Å². The Hall–Kier alpha value is -2.63. The lowest BCUT2D eigenvalue weighted by molar-refractivity contribution is -0.131. The summed E-state index contributed by atoms with van der Waals surface area (Å²) >= 11 is 0. The third kappa shape index (κ3) is 3.94. The maximum absolute atomic E-state index is 11.5. The van der Waals surface area contributed by atoms with Gasteiger partial charge in [0.1, 0.15) is 11.3 Å². The van der Waals surface area contributed by atoms with Crippen molar-refractivity contribution in [2.75, 3.05) is 12.4 Å². The van der Waals surface area contributed by atoms with E-state index in [2.05, 4.69) is 16.6 Å². The van der Waals surface area contributed by atoms with Gasteiger partial charge in [-0.1, -0.05) is 6.58 Å². The summed E-state index contributed by atoms with van der Waals surface area (Å²) in [5.41, 5.74) is 0.800. The molecular weight excluding hydrogens is 262 g/mol. The second kappa shape index (κ2) is 6.51. The van der Waals surface area contributed by atoms with Crippen LogP contribution in [-0.4, -0.2) is 25.0 Å². The standard InChI is InChI=1S/C14H15NO5/c1-8(2)13(17)15-10-5-6-11(14(18)19-4)12(7-10)20-9(3)16/h5-7H,1H2,2-4H3,(H,15,17). The van der Waals surface area contributed by atoms with E-state index in [-0.39, 0.29) is 17.2 Å². The Morgan fingerprint density at radius 2 is 1.85 bits per heavy atom. The van der Waals surface area contributed by atoms with Crippen LogP contribution in [0.25, 0.3) is 0 Å². The van der Waals surface area contributed by atoms with Gasteiger partial charge >= 0.3 is 11.9 Å². The Morgan fingerprint density at radius 1 is 1.20 bits per heavy atom. The van der Waals surface area contributed by atoms with Gasteiger partial charge in [0.25, 0.3) is 5.91 Å². The highest BCUT2D eigenvalue weighted by Gasteiger charge is 2.16. The fraction of sp³-hybridized carbons (Fsp3) is 0.214. The molecule has 6 nitrogen and oxygen atoms in total. The van der Waals surface area contributed by atoms with Crippen LogP contribution in [0.3, 0.4) is 0 Å². The molecule has 0 saturated carbocycles.